The highest BCUT2D eigenvalue weighted by atomic mass is 35.5. The van der Waals surface area contributed by atoms with E-state index in [0.29, 0.717) is 22.8 Å². The number of amides is 1. The Hall–Kier alpha value is -2.34. The van der Waals surface area contributed by atoms with E-state index in [9.17, 15) is 4.79 Å². The lowest BCUT2D eigenvalue weighted by molar-refractivity contribution is 0.102. The molecule has 0 atom stereocenters. The van der Waals surface area contributed by atoms with Gasteiger partial charge in [0.2, 0.25) is 5.28 Å². The molecule has 7 heteroatoms. The Morgan fingerprint density at radius 1 is 1.22 bits per heavy atom. The molecule has 1 amide bonds. The van der Waals surface area contributed by atoms with Crippen LogP contribution in [-0.4, -0.2) is 15.9 Å². The number of nitrogens with zero attached hydrogens (tertiary/aromatic N) is 2. The Bertz CT molecular complexity index is 581. The summed E-state index contributed by atoms with van der Waals surface area (Å²) in [5.74, 6) is -0.0650. The number of anilines is 3. The number of nitrogen functional groups attached to an aromatic ring is 2. The minimum Gasteiger partial charge on any atom is -0.399 e. The molecule has 0 aliphatic rings. The summed E-state index contributed by atoms with van der Waals surface area (Å²) in [6, 6.07) is 6.14. The van der Waals surface area contributed by atoms with Gasteiger partial charge in [-0.2, -0.15) is 0 Å². The molecule has 92 valence electrons. The van der Waals surface area contributed by atoms with Crippen LogP contribution in [0.25, 0.3) is 0 Å². The molecular weight excluding hydrogens is 254 g/mol. The molecule has 18 heavy (non-hydrogen) atoms. The molecule has 0 saturated carbocycles. The van der Waals surface area contributed by atoms with Gasteiger partial charge < -0.3 is 16.8 Å². The Balaban J connectivity index is 2.22. The molecule has 0 aliphatic carbocycles. The summed E-state index contributed by atoms with van der Waals surface area (Å²) in [6.07, 6.45) is 1.44. The van der Waals surface area contributed by atoms with Gasteiger partial charge >= 0.3 is 0 Å². The van der Waals surface area contributed by atoms with Crippen molar-refractivity contribution in [1.82, 2.24) is 9.97 Å². The van der Waals surface area contributed by atoms with Gasteiger partial charge in [-0.15, -0.1) is 0 Å². The molecule has 2 rings (SSSR count). The first-order valence-corrected chi connectivity index (χ1v) is 5.38. The second kappa shape index (κ2) is 4.89. The largest absolute Gasteiger partial charge is 0.399 e. The molecule has 0 aliphatic heterocycles. The van der Waals surface area contributed by atoms with E-state index in [1.807, 2.05) is 0 Å². The summed E-state index contributed by atoms with van der Waals surface area (Å²) in [7, 11) is 0. The van der Waals surface area contributed by atoms with E-state index in [1.165, 1.54) is 24.4 Å². The van der Waals surface area contributed by atoms with Crippen LogP contribution in [0.1, 0.15) is 10.4 Å². The molecule has 0 spiro atoms. The molecule has 1 aromatic heterocycles. The van der Waals surface area contributed by atoms with Gasteiger partial charge in [-0.3, -0.25) is 4.79 Å². The van der Waals surface area contributed by atoms with Crippen molar-refractivity contribution in [2.75, 3.05) is 16.8 Å². The number of rotatable bonds is 2. The number of nitrogens with one attached hydrogen (secondary N) is 1. The highest BCUT2D eigenvalue weighted by molar-refractivity contribution is 6.28. The van der Waals surface area contributed by atoms with Crippen molar-refractivity contribution >= 4 is 34.7 Å². The lowest BCUT2D eigenvalue weighted by Gasteiger charge is -2.06. The highest BCUT2D eigenvalue weighted by Crippen LogP contribution is 2.15. The normalized spacial score (nSPS) is 10.1. The van der Waals surface area contributed by atoms with Crippen LogP contribution < -0.4 is 16.8 Å². The molecule has 0 fully saturated rings. The SMILES string of the molecule is Nc1cc(N)cc(C(=O)Nc2ccnc(Cl)n2)c1. The Labute approximate surface area is 108 Å². The first-order chi connectivity index (χ1) is 8.54. The zero-order valence-corrected chi connectivity index (χ0v) is 9.98. The summed E-state index contributed by atoms with van der Waals surface area (Å²) in [4.78, 5) is 19.5. The lowest BCUT2D eigenvalue weighted by atomic mass is 10.1. The van der Waals surface area contributed by atoms with E-state index < -0.39 is 0 Å². The smallest absolute Gasteiger partial charge is 0.256 e. The van der Waals surface area contributed by atoms with Gasteiger partial charge in [0.15, 0.2) is 0 Å². The van der Waals surface area contributed by atoms with Gasteiger partial charge in [-0.1, -0.05) is 0 Å². The van der Waals surface area contributed by atoms with E-state index in [0.717, 1.165) is 0 Å². The van der Waals surface area contributed by atoms with E-state index in [-0.39, 0.29) is 11.2 Å². The van der Waals surface area contributed by atoms with Crippen molar-refractivity contribution in [3.63, 3.8) is 0 Å². The van der Waals surface area contributed by atoms with Crippen molar-refractivity contribution < 1.29 is 4.79 Å². The number of carbonyl (C=O) groups excluding carboxylic acids is 1. The van der Waals surface area contributed by atoms with Crippen LogP contribution in [0.3, 0.4) is 0 Å². The molecular formula is C11H10ClN5O. The molecule has 0 saturated heterocycles. The molecule has 0 radical (unpaired) electrons. The first kappa shape index (κ1) is 12.1. The number of hydrogen-bond donors (Lipinski definition) is 3. The van der Waals surface area contributed by atoms with Crippen molar-refractivity contribution in [2.45, 2.75) is 0 Å². The topological polar surface area (TPSA) is 107 Å². The maximum absolute atomic E-state index is 11.9. The number of hydrogen-bond acceptors (Lipinski definition) is 5. The minimum atomic E-state index is -0.372. The number of aromatic nitrogens is 2. The zero-order chi connectivity index (χ0) is 13.1. The standard InChI is InChI=1S/C11H10ClN5O/c12-11-15-2-1-9(17-11)16-10(18)6-3-7(13)5-8(14)4-6/h1-5H,13-14H2,(H,15,16,17,18). The van der Waals surface area contributed by atoms with Crippen LogP contribution in [0.15, 0.2) is 30.5 Å². The van der Waals surface area contributed by atoms with Crippen LogP contribution in [-0.2, 0) is 0 Å². The number of carbonyl (C=O) groups is 1. The fourth-order valence-electron chi connectivity index (χ4n) is 1.40. The number of nitrogens with two attached hydrogens (primary N) is 2. The van der Waals surface area contributed by atoms with Crippen LogP contribution >= 0.6 is 11.6 Å². The predicted molar refractivity (Wildman–Crippen MR) is 70.3 cm³/mol. The van der Waals surface area contributed by atoms with Gasteiger partial charge in [-0.05, 0) is 35.9 Å². The van der Waals surface area contributed by atoms with Crippen molar-refractivity contribution in [3.8, 4) is 0 Å². The third kappa shape index (κ3) is 2.86. The fourth-order valence-corrected chi connectivity index (χ4v) is 1.55. The summed E-state index contributed by atoms with van der Waals surface area (Å²) < 4.78 is 0. The third-order valence-electron chi connectivity index (χ3n) is 2.11. The predicted octanol–water partition coefficient (Wildman–Crippen LogP) is 1.55. The maximum Gasteiger partial charge on any atom is 0.256 e. The summed E-state index contributed by atoms with van der Waals surface area (Å²) in [5, 5.41) is 2.62. The van der Waals surface area contributed by atoms with Crippen molar-refractivity contribution in [3.05, 3.63) is 41.3 Å². The van der Waals surface area contributed by atoms with Crippen LogP contribution in [0.4, 0.5) is 17.2 Å². The monoisotopic (exact) mass is 263 g/mol. The molecule has 0 unspecified atom stereocenters. The Kier molecular flexibility index (Phi) is 3.29. The van der Waals surface area contributed by atoms with Crippen LogP contribution in [0.5, 0.6) is 0 Å². The van der Waals surface area contributed by atoms with E-state index in [2.05, 4.69) is 15.3 Å². The molecule has 1 aromatic carbocycles. The summed E-state index contributed by atoms with van der Waals surface area (Å²) >= 11 is 5.61. The van der Waals surface area contributed by atoms with Crippen molar-refractivity contribution in [1.29, 1.82) is 0 Å². The van der Waals surface area contributed by atoms with E-state index in [4.69, 9.17) is 23.1 Å². The summed E-state index contributed by atoms with van der Waals surface area (Å²) in [5.41, 5.74) is 12.4. The van der Waals surface area contributed by atoms with E-state index in [1.54, 1.807) is 6.07 Å². The molecule has 6 nitrogen and oxygen atoms in total. The Morgan fingerprint density at radius 2 is 1.89 bits per heavy atom. The fraction of sp³-hybridized carbons (Fsp3) is 0. The average molecular weight is 264 g/mol. The minimum absolute atomic E-state index is 0.0555. The number of halogens is 1. The van der Waals surface area contributed by atoms with Gasteiger partial charge in [-0.25, -0.2) is 9.97 Å². The molecule has 1 heterocycles. The van der Waals surface area contributed by atoms with Gasteiger partial charge in [0.05, 0.1) is 0 Å². The van der Waals surface area contributed by atoms with E-state index >= 15 is 0 Å². The summed E-state index contributed by atoms with van der Waals surface area (Å²) in [6.45, 7) is 0. The Morgan fingerprint density at radius 3 is 2.50 bits per heavy atom. The highest BCUT2D eigenvalue weighted by Gasteiger charge is 2.08. The van der Waals surface area contributed by atoms with Gasteiger partial charge in [0.1, 0.15) is 5.82 Å². The maximum atomic E-state index is 11.9. The second-order valence-corrected chi connectivity index (χ2v) is 3.89. The van der Waals surface area contributed by atoms with Gasteiger partial charge in [0.25, 0.3) is 5.91 Å². The zero-order valence-electron chi connectivity index (χ0n) is 9.22. The second-order valence-electron chi connectivity index (χ2n) is 3.55. The third-order valence-corrected chi connectivity index (χ3v) is 2.29. The van der Waals surface area contributed by atoms with Gasteiger partial charge in [0, 0.05) is 23.1 Å². The molecule has 0 bridgehead atoms. The van der Waals surface area contributed by atoms with Crippen LogP contribution in [0, 0.1) is 0 Å². The first-order valence-electron chi connectivity index (χ1n) is 5.00. The quantitative estimate of drug-likeness (QED) is 0.563. The van der Waals surface area contributed by atoms with Crippen LogP contribution in [0.2, 0.25) is 5.28 Å². The lowest BCUT2D eigenvalue weighted by Crippen LogP contribution is -2.13. The average Bonchev–Trinajstić information content (AvgIpc) is 2.27. The number of benzene rings is 1. The van der Waals surface area contributed by atoms with Crippen molar-refractivity contribution in [2.24, 2.45) is 0 Å². The molecule has 2 aromatic rings. The molecule has 5 N–H and O–H groups in total.